The molecule has 0 fully saturated rings. The van der Waals surface area contributed by atoms with Crippen LogP contribution in [0.5, 0.6) is 5.75 Å². The van der Waals surface area contributed by atoms with E-state index in [9.17, 15) is 9.18 Å². The molecule has 0 bridgehead atoms. The summed E-state index contributed by atoms with van der Waals surface area (Å²) in [6.07, 6.45) is 0. The Balaban J connectivity index is 2.19. The summed E-state index contributed by atoms with van der Waals surface area (Å²) >= 11 is 11.6. The van der Waals surface area contributed by atoms with Gasteiger partial charge in [0.05, 0.1) is 15.6 Å². The van der Waals surface area contributed by atoms with Crippen molar-refractivity contribution < 1.29 is 19.0 Å². The third-order valence-electron chi connectivity index (χ3n) is 2.61. The lowest BCUT2D eigenvalue weighted by Crippen LogP contribution is -2.02. The Hall–Kier alpha value is -1.78. The first-order valence-electron chi connectivity index (χ1n) is 5.57. The van der Waals surface area contributed by atoms with E-state index < -0.39 is 11.8 Å². The fourth-order valence-corrected chi connectivity index (χ4v) is 2.00. The molecule has 20 heavy (non-hydrogen) atoms. The van der Waals surface area contributed by atoms with Crippen LogP contribution in [0.1, 0.15) is 15.9 Å². The van der Waals surface area contributed by atoms with Crippen molar-refractivity contribution in [2.45, 2.75) is 6.61 Å². The Kier molecular flexibility index (Phi) is 4.47. The average Bonchev–Trinajstić information content (AvgIpc) is 2.39. The molecule has 0 amide bonds. The molecule has 2 rings (SSSR count). The van der Waals surface area contributed by atoms with Gasteiger partial charge in [-0.2, -0.15) is 0 Å². The third kappa shape index (κ3) is 3.21. The normalized spacial score (nSPS) is 10.3. The number of hydrogen-bond donors (Lipinski definition) is 1. The van der Waals surface area contributed by atoms with E-state index in [-0.39, 0.29) is 33.5 Å². The van der Waals surface area contributed by atoms with E-state index in [2.05, 4.69) is 0 Å². The number of rotatable bonds is 4. The number of carboxylic acid groups (broad SMARTS) is 1. The van der Waals surface area contributed by atoms with Gasteiger partial charge < -0.3 is 9.84 Å². The zero-order valence-corrected chi connectivity index (χ0v) is 11.6. The number of ether oxygens (including phenoxy) is 1. The SMILES string of the molecule is O=C(O)c1cc(OCc2c(F)cccc2Cl)ccc1Cl. The van der Waals surface area contributed by atoms with Gasteiger partial charge in [-0.3, -0.25) is 0 Å². The fourth-order valence-electron chi connectivity index (χ4n) is 1.58. The van der Waals surface area contributed by atoms with Crippen molar-refractivity contribution in [2.24, 2.45) is 0 Å². The largest absolute Gasteiger partial charge is 0.489 e. The van der Waals surface area contributed by atoms with Crippen molar-refractivity contribution in [1.29, 1.82) is 0 Å². The van der Waals surface area contributed by atoms with Crippen LogP contribution in [0, 0.1) is 5.82 Å². The lowest BCUT2D eigenvalue weighted by molar-refractivity contribution is 0.0696. The molecule has 0 saturated carbocycles. The summed E-state index contributed by atoms with van der Waals surface area (Å²) in [6.45, 7) is -0.105. The molecule has 0 radical (unpaired) electrons. The zero-order valence-electron chi connectivity index (χ0n) is 10.1. The van der Waals surface area contributed by atoms with Crippen LogP contribution in [0.2, 0.25) is 10.0 Å². The number of carboxylic acids is 1. The molecule has 0 spiro atoms. The van der Waals surface area contributed by atoms with Crippen molar-refractivity contribution in [3.8, 4) is 5.75 Å². The molecule has 6 heteroatoms. The Bertz CT molecular complexity index is 639. The summed E-state index contributed by atoms with van der Waals surface area (Å²) in [5, 5.41) is 9.30. The molecular weight excluding hydrogens is 306 g/mol. The Morgan fingerprint density at radius 1 is 1.20 bits per heavy atom. The van der Waals surface area contributed by atoms with E-state index in [4.69, 9.17) is 33.0 Å². The first-order valence-corrected chi connectivity index (χ1v) is 6.33. The molecule has 0 saturated heterocycles. The minimum absolute atomic E-state index is 0.0798. The number of benzene rings is 2. The van der Waals surface area contributed by atoms with Crippen LogP contribution >= 0.6 is 23.2 Å². The van der Waals surface area contributed by atoms with E-state index in [0.29, 0.717) is 0 Å². The maximum atomic E-state index is 13.5. The van der Waals surface area contributed by atoms with Gasteiger partial charge in [0.2, 0.25) is 0 Å². The van der Waals surface area contributed by atoms with E-state index in [0.717, 1.165) is 0 Å². The van der Waals surface area contributed by atoms with E-state index in [1.54, 1.807) is 6.07 Å². The van der Waals surface area contributed by atoms with Crippen molar-refractivity contribution >= 4 is 29.2 Å². The second-order valence-corrected chi connectivity index (χ2v) is 4.75. The molecule has 0 aliphatic rings. The van der Waals surface area contributed by atoms with Crippen LogP contribution < -0.4 is 4.74 Å². The zero-order chi connectivity index (χ0) is 14.7. The summed E-state index contributed by atoms with van der Waals surface area (Å²) in [7, 11) is 0. The van der Waals surface area contributed by atoms with E-state index >= 15 is 0 Å². The van der Waals surface area contributed by atoms with E-state index in [1.165, 1.54) is 30.3 Å². The number of halogens is 3. The van der Waals surface area contributed by atoms with Gasteiger partial charge >= 0.3 is 5.97 Å². The molecule has 1 N–H and O–H groups in total. The molecule has 0 aliphatic heterocycles. The predicted molar refractivity (Wildman–Crippen MR) is 74.2 cm³/mol. The highest BCUT2D eigenvalue weighted by molar-refractivity contribution is 6.33. The maximum Gasteiger partial charge on any atom is 0.337 e. The minimum atomic E-state index is -1.16. The highest BCUT2D eigenvalue weighted by Gasteiger charge is 2.11. The van der Waals surface area contributed by atoms with Crippen LogP contribution in [0.25, 0.3) is 0 Å². The van der Waals surface area contributed by atoms with Crippen LogP contribution in [-0.4, -0.2) is 11.1 Å². The summed E-state index contributed by atoms with van der Waals surface area (Å²) in [4.78, 5) is 10.9. The number of carbonyl (C=O) groups is 1. The van der Waals surface area contributed by atoms with Crippen molar-refractivity contribution in [3.05, 3.63) is 63.4 Å². The molecular formula is C14H9Cl2FO3. The molecule has 3 nitrogen and oxygen atoms in total. The van der Waals surface area contributed by atoms with Gasteiger partial charge in [0.15, 0.2) is 0 Å². The highest BCUT2D eigenvalue weighted by atomic mass is 35.5. The molecule has 2 aromatic rings. The van der Waals surface area contributed by atoms with E-state index in [1.807, 2.05) is 0 Å². The van der Waals surface area contributed by atoms with Crippen molar-refractivity contribution in [2.75, 3.05) is 0 Å². The quantitative estimate of drug-likeness (QED) is 0.909. The lowest BCUT2D eigenvalue weighted by atomic mass is 10.2. The number of hydrogen-bond acceptors (Lipinski definition) is 2. The van der Waals surface area contributed by atoms with Gasteiger partial charge in [0.1, 0.15) is 18.2 Å². The molecule has 2 aromatic carbocycles. The van der Waals surface area contributed by atoms with Crippen LogP contribution in [0.4, 0.5) is 4.39 Å². The Morgan fingerprint density at radius 3 is 2.60 bits per heavy atom. The topological polar surface area (TPSA) is 46.5 Å². The van der Waals surface area contributed by atoms with Gasteiger partial charge in [0.25, 0.3) is 0 Å². The molecule has 0 heterocycles. The smallest absolute Gasteiger partial charge is 0.337 e. The van der Waals surface area contributed by atoms with Gasteiger partial charge in [-0.15, -0.1) is 0 Å². The van der Waals surface area contributed by atoms with Crippen LogP contribution in [0.15, 0.2) is 36.4 Å². The van der Waals surface area contributed by atoms with Crippen molar-refractivity contribution in [3.63, 3.8) is 0 Å². The van der Waals surface area contributed by atoms with Gasteiger partial charge in [0, 0.05) is 5.56 Å². The van der Waals surface area contributed by atoms with Gasteiger partial charge in [-0.05, 0) is 30.3 Å². The Labute approximate surface area is 124 Å². The monoisotopic (exact) mass is 314 g/mol. The molecule has 0 unspecified atom stereocenters. The highest BCUT2D eigenvalue weighted by Crippen LogP contribution is 2.25. The standard InChI is InChI=1S/C14H9Cl2FO3/c15-11-2-1-3-13(17)10(11)7-20-8-4-5-12(16)9(6-8)14(18)19/h1-6H,7H2,(H,18,19). The first-order chi connectivity index (χ1) is 9.49. The lowest BCUT2D eigenvalue weighted by Gasteiger charge is -2.09. The summed E-state index contributed by atoms with van der Waals surface area (Å²) in [6, 6.07) is 8.50. The van der Waals surface area contributed by atoms with Gasteiger partial charge in [-0.1, -0.05) is 29.3 Å². The average molecular weight is 315 g/mol. The number of aromatic carboxylic acids is 1. The third-order valence-corrected chi connectivity index (χ3v) is 3.30. The second-order valence-electron chi connectivity index (χ2n) is 3.94. The Morgan fingerprint density at radius 2 is 1.95 bits per heavy atom. The van der Waals surface area contributed by atoms with Crippen molar-refractivity contribution in [1.82, 2.24) is 0 Å². The fraction of sp³-hybridized carbons (Fsp3) is 0.0714. The van der Waals surface area contributed by atoms with Crippen LogP contribution in [0.3, 0.4) is 0 Å². The molecule has 104 valence electrons. The van der Waals surface area contributed by atoms with Crippen LogP contribution in [-0.2, 0) is 6.61 Å². The predicted octanol–water partition coefficient (Wildman–Crippen LogP) is 4.41. The van der Waals surface area contributed by atoms with Gasteiger partial charge in [-0.25, -0.2) is 9.18 Å². The molecule has 0 atom stereocenters. The summed E-state index contributed by atoms with van der Waals surface area (Å²) < 4.78 is 18.9. The summed E-state index contributed by atoms with van der Waals surface area (Å²) in [5.74, 6) is -1.37. The maximum absolute atomic E-state index is 13.5. The second kappa shape index (κ2) is 6.11. The molecule has 0 aliphatic carbocycles. The molecule has 0 aromatic heterocycles. The summed E-state index contributed by atoms with van der Waals surface area (Å²) in [5.41, 5.74) is 0.129. The first kappa shape index (κ1) is 14.6. The minimum Gasteiger partial charge on any atom is -0.489 e.